The molecule has 20 heavy (non-hydrogen) atoms. The molecule has 0 atom stereocenters. The van der Waals surface area contributed by atoms with E-state index in [1.165, 1.54) is 12.1 Å². The van der Waals surface area contributed by atoms with Crippen LogP contribution in [0.3, 0.4) is 0 Å². The Morgan fingerprint density at radius 1 is 1.10 bits per heavy atom. The molecular weight excluding hydrogens is 433 g/mol. The van der Waals surface area contributed by atoms with E-state index in [2.05, 4.69) is 37.2 Å². The molecule has 2 aromatic carbocycles. The Kier molecular flexibility index (Phi) is 4.96. The Labute approximate surface area is 142 Å². The summed E-state index contributed by atoms with van der Waals surface area (Å²) in [5, 5.41) is 12.8. The van der Waals surface area contributed by atoms with Crippen molar-refractivity contribution >= 4 is 66.7 Å². The van der Waals surface area contributed by atoms with Gasteiger partial charge in [-0.15, -0.1) is 0 Å². The Morgan fingerprint density at radius 2 is 1.80 bits per heavy atom. The van der Waals surface area contributed by atoms with Crippen LogP contribution in [0.4, 0.5) is 5.69 Å². The lowest BCUT2D eigenvalue weighted by atomic mass is 10.2. The summed E-state index contributed by atoms with van der Waals surface area (Å²) < 4.78 is 1.31. The van der Waals surface area contributed by atoms with Gasteiger partial charge in [-0.1, -0.05) is 39.1 Å². The summed E-state index contributed by atoms with van der Waals surface area (Å²) in [4.78, 5) is 12.1. The molecule has 0 aliphatic carbocycles. The number of aromatic hydroxyl groups is 1. The number of hydrogen-bond donors (Lipinski definition) is 2. The van der Waals surface area contributed by atoms with Crippen LogP contribution >= 0.6 is 55.1 Å². The zero-order valence-electron chi connectivity index (χ0n) is 9.75. The molecule has 0 heterocycles. The molecule has 0 saturated carbocycles. The number of rotatable bonds is 2. The van der Waals surface area contributed by atoms with Gasteiger partial charge in [-0.25, -0.2) is 0 Å². The number of halogens is 4. The van der Waals surface area contributed by atoms with Crippen molar-refractivity contribution < 1.29 is 9.90 Å². The Morgan fingerprint density at radius 3 is 2.50 bits per heavy atom. The lowest BCUT2D eigenvalue weighted by Crippen LogP contribution is -2.12. The number of phenolic OH excluding ortho intramolecular Hbond substituents is 1. The van der Waals surface area contributed by atoms with E-state index in [0.717, 1.165) is 0 Å². The monoisotopic (exact) mass is 437 g/mol. The molecule has 2 rings (SSSR count). The maximum Gasteiger partial charge on any atom is 0.259 e. The van der Waals surface area contributed by atoms with Crippen molar-refractivity contribution in [3.63, 3.8) is 0 Å². The molecule has 0 unspecified atom stereocenters. The van der Waals surface area contributed by atoms with E-state index in [0.29, 0.717) is 19.7 Å². The predicted octanol–water partition coefficient (Wildman–Crippen LogP) is 5.48. The summed E-state index contributed by atoms with van der Waals surface area (Å²) in [5.41, 5.74) is 0.499. The van der Waals surface area contributed by atoms with Crippen LogP contribution < -0.4 is 5.32 Å². The molecule has 2 N–H and O–H groups in total. The Bertz CT molecular complexity index is 692. The quantitative estimate of drug-likeness (QED) is 0.609. The second kappa shape index (κ2) is 6.35. The van der Waals surface area contributed by atoms with Crippen LogP contribution in [0.2, 0.25) is 10.0 Å². The number of carbonyl (C=O) groups is 1. The highest BCUT2D eigenvalue weighted by molar-refractivity contribution is 9.10. The van der Waals surface area contributed by atoms with Crippen molar-refractivity contribution in [3.05, 3.63) is 54.9 Å². The standard InChI is InChI=1S/C13H7Br2Cl2NO2/c14-6-1-4-10(19)7(5-6)13(20)18-9-3-2-8(15)11(16)12(9)17/h1-5,19H,(H,18,20). The summed E-state index contributed by atoms with van der Waals surface area (Å²) in [6.07, 6.45) is 0. The smallest absolute Gasteiger partial charge is 0.259 e. The van der Waals surface area contributed by atoms with Gasteiger partial charge >= 0.3 is 0 Å². The van der Waals surface area contributed by atoms with E-state index >= 15 is 0 Å². The largest absolute Gasteiger partial charge is 0.507 e. The van der Waals surface area contributed by atoms with Crippen molar-refractivity contribution in [2.75, 3.05) is 5.32 Å². The molecular formula is C13H7Br2Cl2NO2. The van der Waals surface area contributed by atoms with E-state index in [4.69, 9.17) is 23.2 Å². The molecule has 104 valence electrons. The molecule has 0 aliphatic heterocycles. The second-order valence-electron chi connectivity index (χ2n) is 3.84. The molecule has 0 bridgehead atoms. The minimum atomic E-state index is -0.482. The lowest BCUT2D eigenvalue weighted by molar-refractivity contribution is 0.102. The maximum absolute atomic E-state index is 12.1. The van der Waals surface area contributed by atoms with Gasteiger partial charge in [-0.3, -0.25) is 4.79 Å². The van der Waals surface area contributed by atoms with Gasteiger partial charge in [0.15, 0.2) is 0 Å². The van der Waals surface area contributed by atoms with Crippen LogP contribution in [0, 0.1) is 0 Å². The first-order valence-corrected chi connectivity index (χ1v) is 7.67. The van der Waals surface area contributed by atoms with Crippen LogP contribution in [0.5, 0.6) is 5.75 Å². The first kappa shape index (κ1) is 15.6. The predicted molar refractivity (Wildman–Crippen MR) is 87.9 cm³/mol. The van der Waals surface area contributed by atoms with E-state index in [9.17, 15) is 9.90 Å². The normalized spacial score (nSPS) is 10.4. The average Bonchev–Trinajstić information content (AvgIpc) is 2.42. The van der Waals surface area contributed by atoms with Gasteiger partial charge in [-0.2, -0.15) is 0 Å². The van der Waals surface area contributed by atoms with Gasteiger partial charge in [-0.05, 0) is 46.3 Å². The summed E-state index contributed by atoms with van der Waals surface area (Å²) >= 11 is 18.5. The average molecular weight is 440 g/mol. The van der Waals surface area contributed by atoms with E-state index in [1.807, 2.05) is 0 Å². The number of phenols is 1. The number of benzene rings is 2. The summed E-state index contributed by atoms with van der Waals surface area (Å²) in [7, 11) is 0. The highest BCUT2D eigenvalue weighted by Gasteiger charge is 2.15. The third-order valence-electron chi connectivity index (χ3n) is 2.49. The molecule has 7 heteroatoms. The molecule has 1 amide bonds. The first-order chi connectivity index (χ1) is 9.40. The lowest BCUT2D eigenvalue weighted by Gasteiger charge is -2.10. The van der Waals surface area contributed by atoms with Crippen LogP contribution in [0.1, 0.15) is 10.4 Å². The highest BCUT2D eigenvalue weighted by Crippen LogP contribution is 2.36. The van der Waals surface area contributed by atoms with Crippen LogP contribution in [-0.4, -0.2) is 11.0 Å². The minimum absolute atomic E-state index is 0.120. The minimum Gasteiger partial charge on any atom is -0.507 e. The highest BCUT2D eigenvalue weighted by atomic mass is 79.9. The van der Waals surface area contributed by atoms with E-state index in [-0.39, 0.29) is 16.3 Å². The summed E-state index contributed by atoms with van der Waals surface area (Å²) in [6.45, 7) is 0. The van der Waals surface area contributed by atoms with Gasteiger partial charge in [0.05, 0.1) is 21.3 Å². The van der Waals surface area contributed by atoms with E-state index in [1.54, 1.807) is 18.2 Å². The van der Waals surface area contributed by atoms with Crippen molar-refractivity contribution in [3.8, 4) is 5.75 Å². The number of amides is 1. The van der Waals surface area contributed by atoms with Gasteiger partial charge in [0.2, 0.25) is 0 Å². The molecule has 2 aromatic rings. The number of nitrogens with one attached hydrogen (secondary N) is 1. The van der Waals surface area contributed by atoms with Crippen molar-refractivity contribution in [2.24, 2.45) is 0 Å². The van der Waals surface area contributed by atoms with Crippen LogP contribution in [0.15, 0.2) is 39.3 Å². The van der Waals surface area contributed by atoms with Crippen molar-refractivity contribution in [1.82, 2.24) is 0 Å². The Balaban J connectivity index is 2.33. The zero-order valence-corrected chi connectivity index (χ0v) is 14.4. The van der Waals surface area contributed by atoms with Crippen LogP contribution in [0.25, 0.3) is 0 Å². The molecule has 0 saturated heterocycles. The van der Waals surface area contributed by atoms with Gasteiger partial charge in [0.25, 0.3) is 5.91 Å². The number of hydrogen-bond acceptors (Lipinski definition) is 2. The van der Waals surface area contributed by atoms with Gasteiger partial charge in [0, 0.05) is 8.95 Å². The summed E-state index contributed by atoms with van der Waals surface area (Å²) in [5.74, 6) is -0.603. The molecule has 3 nitrogen and oxygen atoms in total. The van der Waals surface area contributed by atoms with Crippen LogP contribution in [-0.2, 0) is 0 Å². The summed E-state index contributed by atoms with van der Waals surface area (Å²) in [6, 6.07) is 7.86. The second-order valence-corrected chi connectivity index (χ2v) is 6.36. The molecule has 0 radical (unpaired) electrons. The third-order valence-corrected chi connectivity index (χ3v) is 4.75. The van der Waals surface area contributed by atoms with Gasteiger partial charge in [0.1, 0.15) is 5.75 Å². The zero-order chi connectivity index (χ0) is 14.9. The first-order valence-electron chi connectivity index (χ1n) is 5.33. The maximum atomic E-state index is 12.1. The van der Waals surface area contributed by atoms with Crippen molar-refractivity contribution in [2.45, 2.75) is 0 Å². The molecule has 0 fully saturated rings. The third kappa shape index (κ3) is 3.28. The topological polar surface area (TPSA) is 49.3 Å². The fourth-order valence-electron chi connectivity index (χ4n) is 1.50. The molecule has 0 aliphatic rings. The molecule has 0 spiro atoms. The van der Waals surface area contributed by atoms with E-state index < -0.39 is 5.91 Å². The number of anilines is 1. The molecule has 0 aromatic heterocycles. The Hall–Kier alpha value is -0.750. The van der Waals surface area contributed by atoms with Crippen molar-refractivity contribution in [1.29, 1.82) is 0 Å². The fraction of sp³-hybridized carbons (Fsp3) is 0. The fourth-order valence-corrected chi connectivity index (χ4v) is 2.68. The van der Waals surface area contributed by atoms with Gasteiger partial charge < -0.3 is 10.4 Å². The number of carbonyl (C=O) groups excluding carboxylic acids is 1. The SMILES string of the molecule is O=C(Nc1ccc(Br)c(Cl)c1Cl)c1cc(Br)ccc1O.